The van der Waals surface area contributed by atoms with Gasteiger partial charge in [0.1, 0.15) is 10.6 Å². The molecule has 0 saturated carbocycles. The molecule has 0 unspecified atom stereocenters. The van der Waals surface area contributed by atoms with Crippen molar-refractivity contribution in [2.45, 2.75) is 6.92 Å². The highest BCUT2D eigenvalue weighted by atomic mass is 35.5. The van der Waals surface area contributed by atoms with Gasteiger partial charge in [-0.15, -0.1) is 11.3 Å². The number of carbonyl (C=O) groups is 1. The van der Waals surface area contributed by atoms with Crippen molar-refractivity contribution in [3.63, 3.8) is 0 Å². The Morgan fingerprint density at radius 1 is 1.12 bits per heavy atom. The normalized spacial score (nSPS) is 14.8. The van der Waals surface area contributed by atoms with Crippen molar-refractivity contribution < 1.29 is 4.79 Å². The molecule has 0 bridgehead atoms. The van der Waals surface area contributed by atoms with Gasteiger partial charge >= 0.3 is 0 Å². The van der Waals surface area contributed by atoms with Crippen LogP contribution in [0.3, 0.4) is 0 Å². The van der Waals surface area contributed by atoms with Gasteiger partial charge in [0.15, 0.2) is 0 Å². The predicted octanol–water partition coefficient (Wildman–Crippen LogP) is 4.45. The maximum absolute atomic E-state index is 12.9. The van der Waals surface area contributed by atoms with Crippen LogP contribution in [0.15, 0.2) is 48.7 Å². The van der Waals surface area contributed by atoms with Crippen LogP contribution in [0.2, 0.25) is 5.02 Å². The van der Waals surface area contributed by atoms with Gasteiger partial charge in [-0.05, 0) is 44.3 Å². The molecule has 0 spiro atoms. The third kappa shape index (κ3) is 3.97. The number of likely N-dealkylation sites (N-methyl/N-ethyl adjacent to an activating group) is 1. The van der Waals surface area contributed by atoms with Gasteiger partial charge in [0.05, 0.1) is 33.2 Å². The number of benzene rings is 1. The van der Waals surface area contributed by atoms with Gasteiger partial charge < -0.3 is 15.1 Å². The maximum Gasteiger partial charge on any atom is 0.265 e. The summed E-state index contributed by atoms with van der Waals surface area (Å²) in [7, 11) is 2.13. The fourth-order valence-corrected chi connectivity index (χ4v) is 5.11. The first kappa shape index (κ1) is 20.9. The van der Waals surface area contributed by atoms with E-state index in [1.807, 2.05) is 49.4 Å². The van der Waals surface area contributed by atoms with Crippen LogP contribution in [0.5, 0.6) is 0 Å². The fourth-order valence-electron chi connectivity index (χ4n) is 3.82. The second-order valence-electron chi connectivity index (χ2n) is 7.93. The van der Waals surface area contributed by atoms with Crippen molar-refractivity contribution >= 4 is 50.6 Å². The molecule has 7 nitrogen and oxygen atoms in total. The first-order valence-corrected chi connectivity index (χ1v) is 11.6. The van der Waals surface area contributed by atoms with E-state index in [2.05, 4.69) is 32.2 Å². The Labute approximate surface area is 195 Å². The van der Waals surface area contributed by atoms with Crippen molar-refractivity contribution in [1.29, 1.82) is 0 Å². The van der Waals surface area contributed by atoms with Crippen molar-refractivity contribution in [1.82, 2.24) is 19.7 Å². The summed E-state index contributed by atoms with van der Waals surface area (Å²) in [5.74, 6) is 0.777. The lowest BCUT2D eigenvalue weighted by atomic mass is 10.3. The molecule has 32 heavy (non-hydrogen) atoms. The quantitative estimate of drug-likeness (QED) is 0.481. The first-order chi connectivity index (χ1) is 15.5. The van der Waals surface area contributed by atoms with Gasteiger partial charge in [-0.2, -0.15) is 5.10 Å². The number of rotatable bonds is 4. The lowest BCUT2D eigenvalue weighted by molar-refractivity contribution is 0.103. The number of nitrogens with zero attached hydrogens (tertiary/aromatic N) is 5. The summed E-state index contributed by atoms with van der Waals surface area (Å²) >= 11 is 7.77. The molecule has 9 heteroatoms. The summed E-state index contributed by atoms with van der Waals surface area (Å²) in [5, 5.41) is 9.14. The van der Waals surface area contributed by atoms with Crippen LogP contribution in [-0.2, 0) is 0 Å². The highest BCUT2D eigenvalue weighted by molar-refractivity contribution is 7.20. The zero-order valence-corrected chi connectivity index (χ0v) is 19.5. The number of piperazine rings is 1. The molecular weight excluding hydrogens is 444 g/mol. The number of nitrogens with one attached hydrogen (secondary N) is 1. The summed E-state index contributed by atoms with van der Waals surface area (Å²) < 4.78 is 1.81. The third-order valence-corrected chi connectivity index (χ3v) is 7.11. The number of aromatic nitrogens is 3. The molecule has 1 amide bonds. The van der Waals surface area contributed by atoms with Crippen LogP contribution >= 0.6 is 22.9 Å². The van der Waals surface area contributed by atoms with E-state index < -0.39 is 0 Å². The predicted molar refractivity (Wildman–Crippen MR) is 131 cm³/mol. The number of carbonyl (C=O) groups excluding carboxylic acids is 1. The second kappa shape index (κ2) is 8.54. The number of anilines is 2. The van der Waals surface area contributed by atoms with Crippen LogP contribution in [-0.4, -0.2) is 58.8 Å². The molecule has 1 fully saturated rings. The highest BCUT2D eigenvalue weighted by Gasteiger charge is 2.19. The van der Waals surface area contributed by atoms with Crippen molar-refractivity contribution in [3.05, 3.63) is 64.3 Å². The molecule has 0 aliphatic carbocycles. The Morgan fingerprint density at radius 2 is 1.91 bits per heavy atom. The second-order valence-corrected chi connectivity index (χ2v) is 9.37. The van der Waals surface area contributed by atoms with Crippen molar-refractivity contribution in [2.24, 2.45) is 0 Å². The van der Waals surface area contributed by atoms with Crippen LogP contribution in [0, 0.1) is 6.92 Å². The van der Waals surface area contributed by atoms with Crippen molar-refractivity contribution in [2.75, 3.05) is 43.4 Å². The van der Waals surface area contributed by atoms with E-state index in [4.69, 9.17) is 11.6 Å². The SMILES string of the molecule is Cc1nn(-c2ccccc2Cl)c2sc(C(=O)Nc3ccc(N4CCN(C)CC4)nc3)cc12. The lowest BCUT2D eigenvalue weighted by Gasteiger charge is -2.33. The molecule has 0 atom stereocenters. The van der Waals surface area contributed by atoms with Gasteiger partial charge in [0.2, 0.25) is 0 Å². The Hall–Kier alpha value is -2.94. The van der Waals surface area contributed by atoms with E-state index in [-0.39, 0.29) is 5.91 Å². The molecule has 4 heterocycles. The molecule has 0 radical (unpaired) electrons. The molecular formula is C23H23ClN6OS. The lowest BCUT2D eigenvalue weighted by Crippen LogP contribution is -2.44. The van der Waals surface area contributed by atoms with Crippen LogP contribution in [0.25, 0.3) is 15.9 Å². The minimum atomic E-state index is -0.162. The number of hydrogen-bond donors (Lipinski definition) is 1. The number of amides is 1. The van der Waals surface area contributed by atoms with E-state index in [1.54, 1.807) is 10.9 Å². The number of para-hydroxylation sites is 1. The fraction of sp³-hybridized carbons (Fsp3) is 0.261. The maximum atomic E-state index is 12.9. The number of hydrogen-bond acceptors (Lipinski definition) is 6. The van der Waals surface area contributed by atoms with Crippen LogP contribution < -0.4 is 10.2 Å². The zero-order valence-electron chi connectivity index (χ0n) is 17.9. The number of halogens is 1. The average molecular weight is 467 g/mol. The van der Waals surface area contributed by atoms with Gasteiger partial charge in [0, 0.05) is 31.6 Å². The summed E-state index contributed by atoms with van der Waals surface area (Å²) in [6.07, 6.45) is 1.72. The summed E-state index contributed by atoms with van der Waals surface area (Å²) in [6, 6.07) is 13.3. The van der Waals surface area contributed by atoms with Crippen molar-refractivity contribution in [3.8, 4) is 5.69 Å². The van der Waals surface area contributed by atoms with Gasteiger partial charge in [-0.3, -0.25) is 4.79 Å². The van der Waals surface area contributed by atoms with E-state index in [0.29, 0.717) is 15.6 Å². The van der Waals surface area contributed by atoms with Crippen LogP contribution in [0.1, 0.15) is 15.4 Å². The zero-order chi connectivity index (χ0) is 22.2. The number of fused-ring (bicyclic) bond motifs is 1. The molecule has 5 rings (SSSR count). The highest BCUT2D eigenvalue weighted by Crippen LogP contribution is 2.32. The van der Waals surface area contributed by atoms with E-state index in [9.17, 15) is 4.79 Å². The Balaban J connectivity index is 1.35. The van der Waals surface area contributed by atoms with Crippen LogP contribution in [0.4, 0.5) is 11.5 Å². The Morgan fingerprint density at radius 3 is 2.62 bits per heavy atom. The minimum Gasteiger partial charge on any atom is -0.354 e. The third-order valence-electron chi connectivity index (χ3n) is 5.68. The Bertz CT molecular complexity index is 1270. The monoisotopic (exact) mass is 466 g/mol. The molecule has 1 aromatic carbocycles. The molecule has 4 aromatic rings. The van der Waals surface area contributed by atoms with E-state index in [0.717, 1.165) is 53.6 Å². The summed E-state index contributed by atoms with van der Waals surface area (Å²) in [4.78, 5) is 23.6. The molecule has 1 saturated heterocycles. The molecule has 1 aliphatic rings. The van der Waals surface area contributed by atoms with E-state index in [1.165, 1.54) is 11.3 Å². The standard InChI is InChI=1S/C23H23ClN6OS/c1-15-17-13-20(32-23(17)30(27-15)19-6-4-3-5-18(19)24)22(31)26-16-7-8-21(25-14-16)29-11-9-28(2)10-12-29/h3-8,13-14H,9-12H2,1-2H3,(H,26,31). The largest absolute Gasteiger partial charge is 0.354 e. The van der Waals surface area contributed by atoms with Gasteiger partial charge in [-0.25, -0.2) is 9.67 Å². The topological polar surface area (TPSA) is 66.3 Å². The molecule has 1 N–H and O–H groups in total. The number of pyridine rings is 1. The minimum absolute atomic E-state index is 0.162. The van der Waals surface area contributed by atoms with E-state index >= 15 is 0 Å². The molecule has 3 aromatic heterocycles. The number of aryl methyl sites for hydroxylation is 1. The summed E-state index contributed by atoms with van der Waals surface area (Å²) in [5.41, 5.74) is 2.33. The molecule has 164 valence electrons. The first-order valence-electron chi connectivity index (χ1n) is 10.4. The van der Waals surface area contributed by atoms with Gasteiger partial charge in [-0.1, -0.05) is 23.7 Å². The summed E-state index contributed by atoms with van der Waals surface area (Å²) in [6.45, 7) is 5.90. The Kier molecular flexibility index (Phi) is 5.58. The molecule has 1 aliphatic heterocycles. The van der Waals surface area contributed by atoms with Gasteiger partial charge in [0.25, 0.3) is 5.91 Å². The average Bonchev–Trinajstić information content (AvgIpc) is 3.36. The smallest absolute Gasteiger partial charge is 0.265 e. The number of thiophene rings is 1.